The van der Waals surface area contributed by atoms with Gasteiger partial charge in [0.1, 0.15) is 10.7 Å². The standard InChI is InChI=1S/C14H20ClFN2O2S/c1-14(2)10-18(7-6-17(14)3)21(19,20)13-5-4-11(9-15)8-12(13)16/h4-5,8H,6-7,9-10H2,1-3H3. The summed E-state index contributed by atoms with van der Waals surface area (Å²) in [5.74, 6) is -0.594. The molecule has 1 saturated heterocycles. The second kappa shape index (κ2) is 5.83. The molecule has 0 amide bonds. The topological polar surface area (TPSA) is 40.6 Å². The van der Waals surface area contributed by atoms with Gasteiger partial charge >= 0.3 is 0 Å². The first kappa shape index (κ1) is 16.7. The molecule has 2 rings (SSSR count). The van der Waals surface area contributed by atoms with E-state index in [4.69, 9.17) is 11.6 Å². The first-order valence-corrected chi connectivity index (χ1v) is 8.72. The van der Waals surface area contributed by atoms with Crippen LogP contribution < -0.4 is 0 Å². The molecule has 4 nitrogen and oxygen atoms in total. The van der Waals surface area contributed by atoms with Crippen molar-refractivity contribution >= 4 is 21.6 Å². The quantitative estimate of drug-likeness (QED) is 0.796. The molecule has 0 unspecified atom stereocenters. The first-order chi connectivity index (χ1) is 9.68. The maximum atomic E-state index is 14.1. The molecular weight excluding hydrogens is 315 g/mol. The van der Waals surface area contributed by atoms with Crippen molar-refractivity contribution in [3.63, 3.8) is 0 Å². The van der Waals surface area contributed by atoms with Gasteiger partial charge in [-0.15, -0.1) is 11.6 Å². The molecule has 0 N–H and O–H groups in total. The molecule has 1 aliphatic rings. The van der Waals surface area contributed by atoms with Crippen LogP contribution in [-0.4, -0.2) is 49.8 Å². The highest BCUT2D eigenvalue weighted by Gasteiger charge is 2.38. The number of alkyl halides is 1. The Hall–Kier alpha value is -0.690. The molecule has 118 valence electrons. The zero-order valence-corrected chi connectivity index (χ0v) is 14.0. The molecule has 0 bridgehead atoms. The van der Waals surface area contributed by atoms with Crippen LogP contribution in [0.5, 0.6) is 0 Å². The second-order valence-electron chi connectivity index (χ2n) is 5.97. The number of hydrogen-bond acceptors (Lipinski definition) is 3. The van der Waals surface area contributed by atoms with E-state index < -0.39 is 15.8 Å². The zero-order chi connectivity index (χ0) is 15.8. The number of nitrogens with zero attached hydrogens (tertiary/aromatic N) is 2. The van der Waals surface area contributed by atoms with Gasteiger partial charge in [-0.3, -0.25) is 4.90 Å². The van der Waals surface area contributed by atoms with Gasteiger partial charge in [-0.25, -0.2) is 12.8 Å². The Morgan fingerprint density at radius 1 is 1.33 bits per heavy atom. The van der Waals surface area contributed by atoms with E-state index >= 15 is 0 Å². The summed E-state index contributed by atoms with van der Waals surface area (Å²) in [6.07, 6.45) is 0. The van der Waals surface area contributed by atoms with Gasteiger partial charge in [-0.1, -0.05) is 6.07 Å². The minimum absolute atomic E-state index is 0.152. The normalized spacial score (nSPS) is 20.6. The van der Waals surface area contributed by atoms with Crippen molar-refractivity contribution in [3.05, 3.63) is 29.6 Å². The predicted octanol–water partition coefficient (Wildman–Crippen LogP) is 2.28. The average Bonchev–Trinajstić information content (AvgIpc) is 2.41. The zero-order valence-electron chi connectivity index (χ0n) is 12.4. The lowest BCUT2D eigenvalue weighted by atomic mass is 10.0. The Labute approximate surface area is 130 Å². The summed E-state index contributed by atoms with van der Waals surface area (Å²) in [7, 11) is -1.87. The number of likely N-dealkylation sites (N-methyl/N-ethyl adjacent to an activating group) is 1. The van der Waals surface area contributed by atoms with Gasteiger partial charge in [-0.05, 0) is 38.6 Å². The van der Waals surface area contributed by atoms with Crippen molar-refractivity contribution in [3.8, 4) is 0 Å². The van der Waals surface area contributed by atoms with Crippen LogP contribution in [0.3, 0.4) is 0 Å². The van der Waals surface area contributed by atoms with E-state index in [-0.39, 0.29) is 16.3 Å². The largest absolute Gasteiger partial charge is 0.299 e. The highest BCUT2D eigenvalue weighted by molar-refractivity contribution is 7.89. The number of sulfonamides is 1. The highest BCUT2D eigenvalue weighted by Crippen LogP contribution is 2.26. The molecule has 1 aromatic carbocycles. The molecule has 0 spiro atoms. The summed E-state index contributed by atoms with van der Waals surface area (Å²) in [6.45, 7) is 5.26. The summed E-state index contributed by atoms with van der Waals surface area (Å²) in [6, 6.07) is 4.03. The number of benzene rings is 1. The van der Waals surface area contributed by atoms with Gasteiger partial charge in [0, 0.05) is 31.1 Å². The summed E-state index contributed by atoms with van der Waals surface area (Å²) in [4.78, 5) is 1.82. The van der Waals surface area contributed by atoms with Crippen molar-refractivity contribution in [1.82, 2.24) is 9.21 Å². The number of halogens is 2. The van der Waals surface area contributed by atoms with E-state index in [1.54, 1.807) is 6.07 Å². The van der Waals surface area contributed by atoms with Crippen molar-refractivity contribution < 1.29 is 12.8 Å². The molecule has 1 heterocycles. The fraction of sp³-hybridized carbons (Fsp3) is 0.571. The van der Waals surface area contributed by atoms with Crippen LogP contribution in [0.15, 0.2) is 23.1 Å². The third-order valence-electron chi connectivity index (χ3n) is 4.05. The van der Waals surface area contributed by atoms with Gasteiger partial charge in [0.05, 0.1) is 0 Å². The van der Waals surface area contributed by atoms with Gasteiger partial charge in [-0.2, -0.15) is 4.31 Å². The third kappa shape index (κ3) is 3.23. The number of piperazine rings is 1. The van der Waals surface area contributed by atoms with Crippen LogP contribution in [0.2, 0.25) is 0 Å². The van der Waals surface area contributed by atoms with Crippen molar-refractivity contribution in [1.29, 1.82) is 0 Å². The van der Waals surface area contributed by atoms with Gasteiger partial charge in [0.15, 0.2) is 0 Å². The molecule has 0 radical (unpaired) electrons. The Morgan fingerprint density at radius 3 is 2.52 bits per heavy atom. The summed E-state index contributed by atoms with van der Waals surface area (Å²) in [5.41, 5.74) is 0.282. The van der Waals surface area contributed by atoms with Crippen molar-refractivity contribution in [2.75, 3.05) is 26.7 Å². The van der Waals surface area contributed by atoms with Crippen LogP contribution in [0, 0.1) is 5.82 Å². The fourth-order valence-electron chi connectivity index (χ4n) is 2.38. The monoisotopic (exact) mass is 334 g/mol. The van der Waals surface area contributed by atoms with Crippen molar-refractivity contribution in [2.24, 2.45) is 0 Å². The molecular formula is C14H20ClFN2O2S. The molecule has 7 heteroatoms. The summed E-state index contributed by atoms with van der Waals surface area (Å²) in [5, 5.41) is 0. The van der Waals surface area contributed by atoms with Gasteiger partial charge in [0.2, 0.25) is 10.0 Å². The van der Waals surface area contributed by atoms with Crippen LogP contribution >= 0.6 is 11.6 Å². The Kier molecular flexibility index (Phi) is 4.63. The van der Waals surface area contributed by atoms with E-state index in [9.17, 15) is 12.8 Å². The fourth-order valence-corrected chi connectivity index (χ4v) is 4.17. The lowest BCUT2D eigenvalue weighted by Crippen LogP contribution is -2.58. The van der Waals surface area contributed by atoms with Crippen LogP contribution in [0.4, 0.5) is 4.39 Å². The molecule has 1 fully saturated rings. The molecule has 0 aliphatic carbocycles. The second-order valence-corrected chi connectivity index (χ2v) is 8.14. The van der Waals surface area contributed by atoms with Crippen LogP contribution in [0.1, 0.15) is 19.4 Å². The SMILES string of the molecule is CN1CCN(S(=O)(=O)c2ccc(CCl)cc2F)CC1(C)C. The molecule has 0 aromatic heterocycles. The van der Waals surface area contributed by atoms with Crippen LogP contribution in [-0.2, 0) is 15.9 Å². The molecule has 0 atom stereocenters. The summed E-state index contributed by atoms with van der Waals surface area (Å²) < 4.78 is 40.7. The molecule has 21 heavy (non-hydrogen) atoms. The maximum absolute atomic E-state index is 14.1. The van der Waals surface area contributed by atoms with E-state index in [1.165, 1.54) is 16.4 Å². The van der Waals surface area contributed by atoms with Gasteiger partial charge in [0.25, 0.3) is 0 Å². The van der Waals surface area contributed by atoms with E-state index in [0.717, 1.165) is 0 Å². The molecule has 1 aromatic rings. The Morgan fingerprint density at radius 2 is 2.00 bits per heavy atom. The minimum atomic E-state index is -3.82. The maximum Gasteiger partial charge on any atom is 0.246 e. The van der Waals surface area contributed by atoms with E-state index in [2.05, 4.69) is 4.90 Å². The number of rotatable bonds is 3. The smallest absolute Gasteiger partial charge is 0.246 e. The highest BCUT2D eigenvalue weighted by atomic mass is 35.5. The first-order valence-electron chi connectivity index (χ1n) is 6.74. The third-order valence-corrected chi connectivity index (χ3v) is 6.24. The predicted molar refractivity (Wildman–Crippen MR) is 81.4 cm³/mol. The van der Waals surface area contributed by atoms with E-state index in [1.807, 2.05) is 20.9 Å². The number of hydrogen-bond donors (Lipinski definition) is 0. The molecule has 0 saturated carbocycles. The lowest BCUT2D eigenvalue weighted by Gasteiger charge is -2.44. The molecule has 1 aliphatic heterocycles. The lowest BCUT2D eigenvalue weighted by molar-refractivity contribution is 0.0800. The Balaban J connectivity index is 2.35. The Bertz CT molecular complexity index is 634. The average molecular weight is 335 g/mol. The minimum Gasteiger partial charge on any atom is -0.299 e. The van der Waals surface area contributed by atoms with Crippen LogP contribution in [0.25, 0.3) is 0 Å². The van der Waals surface area contributed by atoms with E-state index in [0.29, 0.717) is 25.2 Å². The van der Waals surface area contributed by atoms with Crippen molar-refractivity contribution in [2.45, 2.75) is 30.2 Å². The summed E-state index contributed by atoms with van der Waals surface area (Å²) >= 11 is 5.64. The van der Waals surface area contributed by atoms with Gasteiger partial charge < -0.3 is 0 Å².